The third-order valence-electron chi connectivity index (χ3n) is 9.48. The molecule has 9 N–H and O–H groups in total. The molecule has 0 bridgehead atoms. The van der Waals surface area contributed by atoms with Crippen LogP contribution in [0.15, 0.2) is 41.2 Å². The van der Waals surface area contributed by atoms with E-state index in [9.17, 15) is 24.4 Å². The number of phosphoric acid groups is 1. The first-order valence-electron chi connectivity index (χ1n) is 18.2. The average molecular weight is 816 g/mol. The van der Waals surface area contributed by atoms with Gasteiger partial charge in [0.1, 0.15) is 32.4 Å². The van der Waals surface area contributed by atoms with Gasteiger partial charge in [0.15, 0.2) is 17.4 Å². The van der Waals surface area contributed by atoms with Gasteiger partial charge in [-0.15, -0.1) is 11.3 Å². The number of rotatable bonds is 17. The summed E-state index contributed by atoms with van der Waals surface area (Å²) in [5.41, 5.74) is 8.02. The Hall–Kier alpha value is -4.53. The summed E-state index contributed by atoms with van der Waals surface area (Å²) in [7, 11) is 1.20. The number of aromatic amines is 1. The summed E-state index contributed by atoms with van der Waals surface area (Å²) < 4.78 is 25.8. The van der Waals surface area contributed by atoms with E-state index >= 15 is 0 Å². The van der Waals surface area contributed by atoms with Crippen molar-refractivity contribution in [2.75, 3.05) is 63.3 Å². The Kier molecular flexibility index (Phi) is 13.0. The van der Waals surface area contributed by atoms with Crippen molar-refractivity contribution >= 4 is 64.0 Å². The number of nitrogens with two attached hydrogens (primary N) is 1. The fourth-order valence-electron chi connectivity index (χ4n) is 6.46. The lowest BCUT2D eigenvalue weighted by Gasteiger charge is -2.20. The van der Waals surface area contributed by atoms with Gasteiger partial charge in [-0.1, -0.05) is 12.8 Å². The molecule has 0 unspecified atom stereocenters. The van der Waals surface area contributed by atoms with E-state index in [0.29, 0.717) is 32.4 Å². The summed E-state index contributed by atoms with van der Waals surface area (Å²) in [6, 6.07) is 12.5. The Morgan fingerprint density at radius 1 is 1.07 bits per heavy atom. The van der Waals surface area contributed by atoms with Crippen LogP contribution < -0.4 is 36.8 Å². The molecule has 1 saturated heterocycles. The zero-order valence-electron chi connectivity index (χ0n) is 31.3. The van der Waals surface area contributed by atoms with E-state index in [1.165, 1.54) is 4.57 Å². The number of fused-ring (bicyclic) bond motifs is 3. The molecule has 0 spiro atoms. The smallest absolute Gasteiger partial charge is 0.387 e. The SMILES string of the molecule is CN(CCCC(=O)NCCCCCCNc1nc2c(=O)[nH]c(N)nc2n1[C@@H]1O[C@H](COP(=O)(O)O)[C@@H](O)[C@H]1O)c1ccc2nc3ccc(=[N+](C)C)cc-3sc2c1. The minimum Gasteiger partial charge on any atom is -0.387 e. The second-order valence-corrected chi connectivity index (χ2v) is 16.2. The summed E-state index contributed by atoms with van der Waals surface area (Å²) in [5, 5.41) is 28.6. The molecule has 6 rings (SSSR count). The quantitative estimate of drug-likeness (QED) is 0.0284. The highest BCUT2D eigenvalue weighted by Crippen LogP contribution is 2.39. The van der Waals surface area contributed by atoms with E-state index < -0.39 is 44.5 Å². The number of nitrogens with one attached hydrogen (secondary N) is 3. The maximum absolute atomic E-state index is 12.6. The van der Waals surface area contributed by atoms with Crippen molar-refractivity contribution in [2.24, 2.45) is 0 Å². The minimum atomic E-state index is -4.87. The van der Waals surface area contributed by atoms with Crippen LogP contribution in [-0.2, 0) is 18.6 Å². The molecule has 1 fully saturated rings. The Bertz CT molecular complexity index is 2320. The molecular formula is C35H48N10O9PS+. The molecule has 2 aromatic heterocycles. The third-order valence-corrected chi connectivity index (χ3v) is 11.1. The van der Waals surface area contributed by atoms with E-state index in [-0.39, 0.29) is 29.0 Å². The van der Waals surface area contributed by atoms with Gasteiger partial charge in [0, 0.05) is 50.9 Å². The predicted octanol–water partition coefficient (Wildman–Crippen LogP) is 1.18. The molecule has 0 radical (unpaired) electrons. The van der Waals surface area contributed by atoms with Gasteiger partial charge in [-0.2, -0.15) is 4.98 Å². The van der Waals surface area contributed by atoms with Crippen LogP contribution in [-0.4, -0.2) is 116 Å². The number of aliphatic hydroxyl groups is 2. The third kappa shape index (κ3) is 9.88. The maximum Gasteiger partial charge on any atom is 0.469 e. The topological polar surface area (TPSA) is 266 Å². The van der Waals surface area contributed by atoms with E-state index in [1.807, 2.05) is 27.2 Å². The molecule has 4 heterocycles. The summed E-state index contributed by atoms with van der Waals surface area (Å²) in [6.07, 6.45) is -1.52. The van der Waals surface area contributed by atoms with Crippen molar-refractivity contribution in [3.8, 4) is 10.6 Å². The number of nitrogen functional groups attached to an aromatic ring is 1. The number of aromatic nitrogens is 5. The highest BCUT2D eigenvalue weighted by Gasteiger charge is 2.46. The van der Waals surface area contributed by atoms with Gasteiger partial charge in [-0.3, -0.25) is 23.7 Å². The van der Waals surface area contributed by atoms with Crippen molar-refractivity contribution in [3.05, 3.63) is 52.1 Å². The van der Waals surface area contributed by atoms with Gasteiger partial charge in [0.05, 0.1) is 27.4 Å². The molecule has 3 aromatic rings. The highest BCUT2D eigenvalue weighted by atomic mass is 32.1. The lowest BCUT2D eigenvalue weighted by molar-refractivity contribution is -0.121. The second-order valence-electron chi connectivity index (χ2n) is 13.9. The Balaban J connectivity index is 0.927. The van der Waals surface area contributed by atoms with E-state index in [1.54, 1.807) is 11.3 Å². The van der Waals surface area contributed by atoms with Crippen LogP contribution in [0.25, 0.3) is 32.0 Å². The molecular weight excluding hydrogens is 767 g/mol. The van der Waals surface area contributed by atoms with E-state index in [4.69, 9.17) is 25.2 Å². The average Bonchev–Trinajstić information content (AvgIpc) is 3.64. The monoisotopic (exact) mass is 815 g/mol. The number of nitrogens with zero attached hydrogens (tertiary/aromatic N) is 6. The van der Waals surface area contributed by atoms with Crippen LogP contribution >= 0.6 is 19.2 Å². The molecule has 1 aromatic carbocycles. The maximum atomic E-state index is 12.6. The summed E-state index contributed by atoms with van der Waals surface area (Å²) in [6.45, 7) is 0.993. The fourth-order valence-corrected chi connectivity index (χ4v) is 7.83. The van der Waals surface area contributed by atoms with Crippen molar-refractivity contribution in [3.63, 3.8) is 0 Å². The molecule has 2 aliphatic heterocycles. The van der Waals surface area contributed by atoms with Crippen LogP contribution in [0.2, 0.25) is 0 Å². The van der Waals surface area contributed by atoms with Crippen molar-refractivity contribution < 1.29 is 38.6 Å². The highest BCUT2D eigenvalue weighted by molar-refractivity contribution is 7.46. The lowest BCUT2D eigenvalue weighted by Crippen LogP contribution is -2.33. The normalized spacial score (nSPS) is 18.6. The molecule has 0 saturated carbocycles. The molecule has 1 aliphatic carbocycles. The number of unbranched alkanes of at least 4 members (excludes halogenated alkanes) is 3. The van der Waals surface area contributed by atoms with Crippen LogP contribution in [0, 0.1) is 0 Å². The molecule has 19 nitrogen and oxygen atoms in total. The molecule has 4 atom stereocenters. The van der Waals surface area contributed by atoms with E-state index in [0.717, 1.165) is 57.6 Å². The van der Waals surface area contributed by atoms with Crippen molar-refractivity contribution in [1.82, 2.24) is 34.4 Å². The number of carbonyl (C=O) groups is 1. The van der Waals surface area contributed by atoms with E-state index in [2.05, 4.69) is 69.9 Å². The zero-order chi connectivity index (χ0) is 40.1. The number of anilines is 3. The van der Waals surface area contributed by atoms with Crippen LogP contribution in [0.5, 0.6) is 0 Å². The van der Waals surface area contributed by atoms with Crippen LogP contribution in [0.1, 0.15) is 44.8 Å². The van der Waals surface area contributed by atoms with Crippen LogP contribution in [0.3, 0.4) is 0 Å². The second kappa shape index (κ2) is 17.7. The lowest BCUT2D eigenvalue weighted by atomic mass is 10.1. The molecule has 21 heteroatoms. The number of hydrogen-bond acceptors (Lipinski definition) is 14. The molecule has 56 heavy (non-hydrogen) atoms. The molecule has 1 amide bonds. The number of H-pyrrole nitrogens is 1. The number of ether oxygens (including phenoxy) is 1. The number of aliphatic hydroxyl groups excluding tert-OH is 2. The van der Waals surface area contributed by atoms with Gasteiger partial charge in [-0.25, -0.2) is 19.1 Å². The summed E-state index contributed by atoms with van der Waals surface area (Å²) >= 11 is 1.72. The van der Waals surface area contributed by atoms with Gasteiger partial charge in [0.25, 0.3) is 5.56 Å². The first-order chi connectivity index (χ1) is 26.7. The Morgan fingerprint density at radius 3 is 2.59 bits per heavy atom. The Morgan fingerprint density at radius 2 is 1.84 bits per heavy atom. The van der Waals surface area contributed by atoms with Crippen molar-refractivity contribution in [1.29, 1.82) is 0 Å². The summed E-state index contributed by atoms with van der Waals surface area (Å²) in [4.78, 5) is 62.2. The van der Waals surface area contributed by atoms with Crippen molar-refractivity contribution in [2.45, 2.75) is 63.1 Å². The number of phosphoric ester groups is 1. The van der Waals surface area contributed by atoms with Gasteiger partial charge in [-0.05, 0) is 43.5 Å². The van der Waals surface area contributed by atoms with Crippen LogP contribution in [0.4, 0.5) is 17.6 Å². The van der Waals surface area contributed by atoms with Gasteiger partial charge >= 0.3 is 7.82 Å². The molecule has 302 valence electrons. The number of imidazole rings is 1. The van der Waals surface area contributed by atoms with Gasteiger partial charge in [0.2, 0.25) is 23.2 Å². The zero-order valence-corrected chi connectivity index (χ0v) is 33.0. The number of amides is 1. The predicted molar refractivity (Wildman–Crippen MR) is 212 cm³/mol. The number of carbonyl (C=O) groups excluding carboxylic acids is 1. The first kappa shape index (κ1) is 41.1. The number of hydrogen-bond donors (Lipinski definition) is 8. The number of benzene rings is 2. The standard InChI is InChI=1S/C35H47N10O9PS/c1-43(2)20-10-12-22-25(17-20)56-26-18-21(11-13-23(26)39-22)44(3)16-8-9-27(46)37-14-6-4-5-7-15-38-35-40-28-31(41-34(36)42-32(28)49)45(35)33-30(48)29(47)24(54-33)19-53-55(50,51)52/h10-13,17-18,24,29-30,33,39,47-48H,4-9,14-16,19H2,1-3H3,(H5,36,37,42,46,49,50,51,52)/p+1/t24-,29-,30-,33-/m1/s1. The summed E-state index contributed by atoms with van der Waals surface area (Å²) in [5.74, 6) is -0.0930. The minimum absolute atomic E-state index is 0.00766. The fraction of sp³-hybridized carbons (Fsp3) is 0.486. The largest absolute Gasteiger partial charge is 0.469 e. The molecule has 3 aliphatic rings. The Labute approximate surface area is 325 Å². The first-order valence-corrected chi connectivity index (χ1v) is 20.6. The van der Waals surface area contributed by atoms with Gasteiger partial charge < -0.3 is 46.0 Å².